The minimum Gasteiger partial charge on any atom is -0.444 e. The van der Waals surface area contributed by atoms with Crippen LogP contribution in [0.1, 0.15) is 61.3 Å². The predicted octanol–water partition coefficient (Wildman–Crippen LogP) is 3.23. The maximum absolute atomic E-state index is 12.1. The minimum atomic E-state index is -0.480. The largest absolute Gasteiger partial charge is 0.444 e. The van der Waals surface area contributed by atoms with Gasteiger partial charge in [0, 0.05) is 38.8 Å². The molecule has 1 fully saturated rings. The Balaban J connectivity index is 2.31. The molecule has 0 aromatic carbocycles. The van der Waals surface area contributed by atoms with Gasteiger partial charge in [0.15, 0.2) is 0 Å². The van der Waals surface area contributed by atoms with Gasteiger partial charge in [0.1, 0.15) is 11.2 Å². The summed E-state index contributed by atoms with van der Waals surface area (Å²) in [6.45, 7) is 16.5. The first-order valence-corrected chi connectivity index (χ1v) is 9.60. The highest BCUT2D eigenvalue weighted by molar-refractivity contribution is 5.68. The summed E-state index contributed by atoms with van der Waals surface area (Å²) in [7, 11) is 0. The third-order valence-electron chi connectivity index (χ3n) is 3.99. The molecule has 0 unspecified atom stereocenters. The van der Waals surface area contributed by atoms with Gasteiger partial charge in [0.05, 0.1) is 0 Å². The lowest BCUT2D eigenvalue weighted by molar-refractivity contribution is 0.0187. The van der Waals surface area contributed by atoms with Gasteiger partial charge in [-0.25, -0.2) is 9.59 Å². The zero-order valence-electron chi connectivity index (χ0n) is 17.6. The summed E-state index contributed by atoms with van der Waals surface area (Å²) in [5, 5.41) is 3.48. The minimum absolute atomic E-state index is 0.238. The topological polar surface area (TPSA) is 71.1 Å². The van der Waals surface area contributed by atoms with Crippen LogP contribution in [0.3, 0.4) is 0 Å². The maximum atomic E-state index is 12.1. The fourth-order valence-corrected chi connectivity index (χ4v) is 2.70. The van der Waals surface area contributed by atoms with Crippen molar-refractivity contribution in [2.75, 3.05) is 32.7 Å². The van der Waals surface area contributed by atoms with E-state index in [0.29, 0.717) is 38.8 Å². The van der Waals surface area contributed by atoms with Crippen LogP contribution in [0.2, 0.25) is 0 Å². The third-order valence-corrected chi connectivity index (χ3v) is 3.99. The Bertz CT molecular complexity index is 460. The monoisotopic (exact) mass is 371 g/mol. The molecule has 0 atom stereocenters. The van der Waals surface area contributed by atoms with E-state index in [1.807, 2.05) is 48.5 Å². The smallest absolute Gasteiger partial charge is 0.410 e. The van der Waals surface area contributed by atoms with Gasteiger partial charge < -0.3 is 24.6 Å². The molecule has 7 heteroatoms. The Morgan fingerprint density at radius 3 is 2.04 bits per heavy atom. The Morgan fingerprint density at radius 1 is 1.04 bits per heavy atom. The molecule has 1 rings (SSSR count). The average Bonchev–Trinajstić information content (AvgIpc) is 2.48. The lowest BCUT2D eigenvalue weighted by Crippen LogP contribution is -2.48. The molecule has 1 heterocycles. The summed E-state index contributed by atoms with van der Waals surface area (Å²) in [6.07, 6.45) is 1.26. The first kappa shape index (κ1) is 22.5. The Kier molecular flexibility index (Phi) is 8.18. The van der Waals surface area contributed by atoms with Crippen molar-refractivity contribution >= 4 is 12.2 Å². The van der Waals surface area contributed by atoms with Crippen molar-refractivity contribution in [1.82, 2.24) is 15.1 Å². The van der Waals surface area contributed by atoms with Crippen molar-refractivity contribution in [2.45, 2.75) is 78.6 Å². The number of likely N-dealkylation sites (tertiary alicyclic amines) is 1. The number of nitrogens with zero attached hydrogens (tertiary/aromatic N) is 2. The van der Waals surface area contributed by atoms with Gasteiger partial charge in [0.2, 0.25) is 0 Å². The summed E-state index contributed by atoms with van der Waals surface area (Å²) in [5.41, 5.74) is -0.941. The highest BCUT2D eigenvalue weighted by Crippen LogP contribution is 2.15. The van der Waals surface area contributed by atoms with Crippen LogP contribution in [0.25, 0.3) is 0 Å². The maximum Gasteiger partial charge on any atom is 0.410 e. The van der Waals surface area contributed by atoms with Crippen molar-refractivity contribution in [1.29, 1.82) is 0 Å². The molecular formula is C19H37N3O4. The first-order valence-electron chi connectivity index (χ1n) is 9.60. The van der Waals surface area contributed by atoms with Gasteiger partial charge in [-0.2, -0.15) is 0 Å². The second-order valence-corrected chi connectivity index (χ2v) is 8.76. The van der Waals surface area contributed by atoms with Crippen molar-refractivity contribution < 1.29 is 19.1 Å². The van der Waals surface area contributed by atoms with E-state index in [1.54, 1.807) is 9.80 Å². The lowest BCUT2D eigenvalue weighted by Gasteiger charge is -2.34. The molecule has 0 aromatic rings. The number of ether oxygens (including phenoxy) is 2. The molecule has 0 bridgehead atoms. The third kappa shape index (κ3) is 8.74. The zero-order valence-corrected chi connectivity index (χ0v) is 17.6. The Morgan fingerprint density at radius 2 is 1.58 bits per heavy atom. The molecule has 1 aliphatic heterocycles. The number of hydrogen-bond donors (Lipinski definition) is 1. The number of nitrogens with one attached hydrogen (secondary N) is 1. The number of rotatable bonds is 5. The van der Waals surface area contributed by atoms with Crippen molar-refractivity contribution in [3.63, 3.8) is 0 Å². The SMILES string of the molecule is CCN(CCNC1CCN(C(=O)OC(C)(C)C)CC1)C(=O)OC(C)(C)C. The predicted molar refractivity (Wildman–Crippen MR) is 102 cm³/mol. The second-order valence-electron chi connectivity index (χ2n) is 8.76. The van der Waals surface area contributed by atoms with Crippen LogP contribution in [0, 0.1) is 0 Å². The average molecular weight is 372 g/mol. The fraction of sp³-hybridized carbons (Fsp3) is 0.895. The molecule has 0 saturated carbocycles. The normalized spacial score (nSPS) is 16.3. The van der Waals surface area contributed by atoms with E-state index in [9.17, 15) is 9.59 Å². The van der Waals surface area contributed by atoms with E-state index >= 15 is 0 Å². The fourth-order valence-electron chi connectivity index (χ4n) is 2.70. The van der Waals surface area contributed by atoms with Gasteiger partial charge in [-0.05, 0) is 61.3 Å². The Hall–Kier alpha value is -1.50. The van der Waals surface area contributed by atoms with Crippen molar-refractivity contribution in [3.8, 4) is 0 Å². The van der Waals surface area contributed by atoms with E-state index in [2.05, 4.69) is 5.32 Å². The first-order chi connectivity index (χ1) is 11.9. The van der Waals surface area contributed by atoms with Gasteiger partial charge >= 0.3 is 12.2 Å². The summed E-state index contributed by atoms with van der Waals surface area (Å²) >= 11 is 0. The summed E-state index contributed by atoms with van der Waals surface area (Å²) in [5.74, 6) is 0. The number of likely N-dealkylation sites (N-methyl/N-ethyl adjacent to an activating group) is 1. The summed E-state index contributed by atoms with van der Waals surface area (Å²) in [4.78, 5) is 27.7. The van der Waals surface area contributed by atoms with Crippen LogP contribution >= 0.6 is 0 Å². The number of piperidine rings is 1. The van der Waals surface area contributed by atoms with Crippen molar-refractivity contribution in [2.24, 2.45) is 0 Å². The van der Waals surface area contributed by atoms with Gasteiger partial charge in [-0.3, -0.25) is 0 Å². The van der Waals surface area contributed by atoms with E-state index in [-0.39, 0.29) is 12.2 Å². The number of carbonyl (C=O) groups is 2. The highest BCUT2D eigenvalue weighted by Gasteiger charge is 2.27. The quantitative estimate of drug-likeness (QED) is 0.803. The van der Waals surface area contributed by atoms with Crippen molar-refractivity contribution in [3.05, 3.63) is 0 Å². The van der Waals surface area contributed by atoms with E-state index in [0.717, 1.165) is 12.8 Å². The Labute approximate surface area is 158 Å². The molecule has 0 aromatic heterocycles. The lowest BCUT2D eigenvalue weighted by atomic mass is 10.1. The van der Waals surface area contributed by atoms with E-state index in [1.165, 1.54) is 0 Å². The van der Waals surface area contributed by atoms with Crippen LogP contribution in [0.5, 0.6) is 0 Å². The van der Waals surface area contributed by atoms with Crippen LogP contribution in [-0.4, -0.2) is 72.0 Å². The molecule has 0 aliphatic carbocycles. The van der Waals surface area contributed by atoms with Crippen LogP contribution in [0.15, 0.2) is 0 Å². The molecule has 26 heavy (non-hydrogen) atoms. The molecule has 2 amide bonds. The molecular weight excluding hydrogens is 334 g/mol. The van der Waals surface area contributed by atoms with Gasteiger partial charge in [-0.15, -0.1) is 0 Å². The van der Waals surface area contributed by atoms with Gasteiger partial charge in [-0.1, -0.05) is 0 Å². The number of hydrogen-bond acceptors (Lipinski definition) is 5. The van der Waals surface area contributed by atoms with E-state index in [4.69, 9.17) is 9.47 Å². The number of carbonyl (C=O) groups excluding carboxylic acids is 2. The highest BCUT2D eigenvalue weighted by atomic mass is 16.6. The molecule has 0 radical (unpaired) electrons. The van der Waals surface area contributed by atoms with E-state index < -0.39 is 11.2 Å². The summed E-state index contributed by atoms with van der Waals surface area (Å²) < 4.78 is 10.8. The second kappa shape index (κ2) is 9.44. The molecule has 7 nitrogen and oxygen atoms in total. The van der Waals surface area contributed by atoms with Gasteiger partial charge in [0.25, 0.3) is 0 Å². The van der Waals surface area contributed by atoms with Crippen LogP contribution in [0.4, 0.5) is 9.59 Å². The van der Waals surface area contributed by atoms with Crippen LogP contribution < -0.4 is 5.32 Å². The molecule has 1 N–H and O–H groups in total. The van der Waals surface area contributed by atoms with Crippen LogP contribution in [-0.2, 0) is 9.47 Å². The molecule has 152 valence electrons. The standard InChI is InChI=1S/C19H37N3O4/c1-8-21(16(23)25-18(2,3)4)14-11-20-15-9-12-22(13-10-15)17(24)26-19(5,6)7/h15,20H,8-14H2,1-7H3. The number of amides is 2. The molecule has 0 spiro atoms. The molecule has 1 saturated heterocycles. The zero-order chi connectivity index (χ0) is 20.0. The summed E-state index contributed by atoms with van der Waals surface area (Å²) in [6, 6.07) is 0.353. The molecule has 1 aliphatic rings.